The van der Waals surface area contributed by atoms with E-state index in [0.717, 1.165) is 17.4 Å². The Balaban J connectivity index is 3.15. The van der Waals surface area contributed by atoms with Crippen LogP contribution in [0.25, 0.3) is 5.57 Å². The van der Waals surface area contributed by atoms with E-state index < -0.39 is 10.0 Å². The van der Waals surface area contributed by atoms with Crippen molar-refractivity contribution in [3.05, 3.63) is 36.4 Å². The van der Waals surface area contributed by atoms with Gasteiger partial charge in [0.05, 0.1) is 11.9 Å². The van der Waals surface area contributed by atoms with E-state index in [-0.39, 0.29) is 0 Å². The Morgan fingerprint density at radius 1 is 1.36 bits per heavy atom. The summed E-state index contributed by atoms with van der Waals surface area (Å²) in [5, 5.41) is 0. The van der Waals surface area contributed by atoms with Crippen molar-refractivity contribution in [2.45, 2.75) is 6.92 Å². The summed E-state index contributed by atoms with van der Waals surface area (Å²) >= 11 is 0. The van der Waals surface area contributed by atoms with Crippen LogP contribution in [0, 0.1) is 0 Å². The van der Waals surface area contributed by atoms with Gasteiger partial charge in [-0.25, -0.2) is 8.42 Å². The summed E-state index contributed by atoms with van der Waals surface area (Å²) in [6.07, 6.45) is 1.13. The Bertz CT molecular complexity index is 449. The van der Waals surface area contributed by atoms with E-state index in [1.165, 1.54) is 0 Å². The molecule has 0 saturated carbocycles. The fourth-order valence-corrected chi connectivity index (χ4v) is 1.72. The molecule has 0 unspecified atom stereocenters. The molecule has 0 aromatic heterocycles. The Morgan fingerprint density at radius 2 is 1.93 bits per heavy atom. The quantitative estimate of drug-likeness (QED) is 0.832. The molecule has 14 heavy (non-hydrogen) atoms. The van der Waals surface area contributed by atoms with Crippen molar-refractivity contribution in [2.24, 2.45) is 0 Å². The molecule has 4 heteroatoms. The zero-order valence-electron chi connectivity index (χ0n) is 8.24. The third-order valence-corrected chi connectivity index (χ3v) is 2.27. The molecule has 0 spiro atoms. The van der Waals surface area contributed by atoms with Crippen molar-refractivity contribution in [3.63, 3.8) is 0 Å². The average molecular weight is 211 g/mol. The zero-order chi connectivity index (χ0) is 10.8. The summed E-state index contributed by atoms with van der Waals surface area (Å²) < 4.78 is 24.5. The maximum absolute atomic E-state index is 11.0. The molecule has 0 heterocycles. The summed E-state index contributed by atoms with van der Waals surface area (Å²) in [7, 11) is -3.22. The van der Waals surface area contributed by atoms with E-state index in [4.69, 9.17) is 0 Å². The number of hydrogen-bond donors (Lipinski definition) is 1. The fraction of sp³-hybridized carbons (Fsp3) is 0.200. The van der Waals surface area contributed by atoms with E-state index >= 15 is 0 Å². The van der Waals surface area contributed by atoms with Crippen LogP contribution in [0.2, 0.25) is 0 Å². The summed E-state index contributed by atoms with van der Waals surface area (Å²) in [5.41, 5.74) is 2.22. The molecule has 0 amide bonds. The molecule has 0 atom stereocenters. The Labute approximate surface area is 84.5 Å². The monoisotopic (exact) mass is 211 g/mol. The second kappa shape index (κ2) is 3.84. The molecule has 3 nitrogen and oxygen atoms in total. The van der Waals surface area contributed by atoms with Gasteiger partial charge < -0.3 is 0 Å². The highest BCUT2D eigenvalue weighted by Crippen LogP contribution is 2.22. The minimum atomic E-state index is -3.22. The second-order valence-corrected chi connectivity index (χ2v) is 4.95. The van der Waals surface area contributed by atoms with Crippen molar-refractivity contribution < 1.29 is 8.42 Å². The van der Waals surface area contributed by atoms with Crippen LogP contribution in [0.1, 0.15) is 12.5 Å². The molecule has 76 valence electrons. The van der Waals surface area contributed by atoms with Gasteiger partial charge in [-0.15, -0.1) is 0 Å². The molecule has 0 radical (unpaired) electrons. The predicted molar refractivity (Wildman–Crippen MR) is 59.6 cm³/mol. The first kappa shape index (κ1) is 10.8. The van der Waals surface area contributed by atoms with Crippen LogP contribution in [0.5, 0.6) is 0 Å². The van der Waals surface area contributed by atoms with E-state index in [2.05, 4.69) is 11.3 Å². The number of sulfonamides is 1. The van der Waals surface area contributed by atoms with Crippen molar-refractivity contribution in [1.29, 1.82) is 0 Å². The van der Waals surface area contributed by atoms with Crippen molar-refractivity contribution in [2.75, 3.05) is 11.0 Å². The van der Waals surface area contributed by atoms with Crippen LogP contribution in [0.3, 0.4) is 0 Å². The van der Waals surface area contributed by atoms with Gasteiger partial charge >= 0.3 is 0 Å². The second-order valence-electron chi connectivity index (χ2n) is 3.20. The third-order valence-electron chi connectivity index (χ3n) is 1.68. The lowest BCUT2D eigenvalue weighted by molar-refractivity contribution is 0.607. The Hall–Kier alpha value is -1.29. The summed E-state index contributed by atoms with van der Waals surface area (Å²) in [4.78, 5) is 0. The van der Waals surface area contributed by atoms with Gasteiger partial charge in [-0.2, -0.15) is 0 Å². The number of anilines is 1. The van der Waals surface area contributed by atoms with Gasteiger partial charge in [0.1, 0.15) is 0 Å². The Morgan fingerprint density at radius 3 is 2.43 bits per heavy atom. The third kappa shape index (κ3) is 2.88. The molecule has 0 aliphatic rings. The van der Waals surface area contributed by atoms with Crippen molar-refractivity contribution >= 4 is 21.3 Å². The summed E-state index contributed by atoms with van der Waals surface area (Å²) in [5.74, 6) is 0. The minimum absolute atomic E-state index is 0.572. The van der Waals surface area contributed by atoms with Gasteiger partial charge in [-0.3, -0.25) is 4.72 Å². The van der Waals surface area contributed by atoms with Crippen LogP contribution >= 0.6 is 0 Å². The number of rotatable bonds is 3. The first-order chi connectivity index (χ1) is 6.40. The highest BCUT2D eigenvalue weighted by Gasteiger charge is 2.06. The van der Waals surface area contributed by atoms with Crippen LogP contribution in [0.4, 0.5) is 5.69 Å². The largest absolute Gasteiger partial charge is 0.283 e. The standard InChI is InChI=1S/C10H13NO2S/c1-8(2)9-6-4-5-7-10(9)11-14(3,12)13/h4-7,11H,1H2,2-3H3. The Kier molecular flexibility index (Phi) is 2.96. The molecule has 0 bridgehead atoms. The molecule has 0 aliphatic heterocycles. The highest BCUT2D eigenvalue weighted by atomic mass is 32.2. The molecule has 0 aliphatic carbocycles. The lowest BCUT2D eigenvalue weighted by atomic mass is 10.1. The van der Waals surface area contributed by atoms with Gasteiger partial charge in [-0.1, -0.05) is 24.8 Å². The summed E-state index contributed by atoms with van der Waals surface area (Å²) in [6.45, 7) is 5.62. The highest BCUT2D eigenvalue weighted by molar-refractivity contribution is 7.92. The molecule has 1 aromatic carbocycles. The molecule has 1 rings (SSSR count). The van der Waals surface area contributed by atoms with E-state index in [1.807, 2.05) is 19.1 Å². The number of benzene rings is 1. The van der Waals surface area contributed by atoms with Crippen molar-refractivity contribution in [1.82, 2.24) is 0 Å². The molecular weight excluding hydrogens is 198 g/mol. The van der Waals surface area contributed by atoms with Crippen LogP contribution in [0.15, 0.2) is 30.8 Å². The molecule has 1 N–H and O–H groups in total. The first-order valence-electron chi connectivity index (χ1n) is 4.13. The van der Waals surface area contributed by atoms with Gasteiger partial charge in [0.2, 0.25) is 10.0 Å². The van der Waals surface area contributed by atoms with Gasteiger partial charge in [-0.05, 0) is 18.6 Å². The van der Waals surface area contributed by atoms with Gasteiger partial charge in [0, 0.05) is 5.56 Å². The van der Waals surface area contributed by atoms with Gasteiger partial charge in [0.15, 0.2) is 0 Å². The van der Waals surface area contributed by atoms with Gasteiger partial charge in [0.25, 0.3) is 0 Å². The molecular formula is C10H13NO2S. The first-order valence-corrected chi connectivity index (χ1v) is 6.02. The maximum atomic E-state index is 11.0. The lowest BCUT2D eigenvalue weighted by Gasteiger charge is -2.09. The molecule has 0 fully saturated rings. The predicted octanol–water partition coefficient (Wildman–Crippen LogP) is 2.09. The smallest absolute Gasteiger partial charge is 0.229 e. The number of nitrogens with one attached hydrogen (secondary N) is 1. The minimum Gasteiger partial charge on any atom is -0.283 e. The molecule has 0 saturated heterocycles. The van der Waals surface area contributed by atoms with Crippen LogP contribution in [-0.4, -0.2) is 14.7 Å². The zero-order valence-corrected chi connectivity index (χ0v) is 9.06. The van der Waals surface area contributed by atoms with Crippen LogP contribution in [-0.2, 0) is 10.0 Å². The fourth-order valence-electron chi connectivity index (χ4n) is 1.14. The van der Waals surface area contributed by atoms with E-state index in [1.54, 1.807) is 12.1 Å². The average Bonchev–Trinajstić information content (AvgIpc) is 2.01. The maximum Gasteiger partial charge on any atom is 0.229 e. The molecule has 1 aromatic rings. The van der Waals surface area contributed by atoms with E-state index in [0.29, 0.717) is 5.69 Å². The topological polar surface area (TPSA) is 46.2 Å². The number of para-hydroxylation sites is 1. The lowest BCUT2D eigenvalue weighted by Crippen LogP contribution is -2.10. The summed E-state index contributed by atoms with van der Waals surface area (Å²) in [6, 6.07) is 7.17. The number of allylic oxidation sites excluding steroid dienone is 1. The number of hydrogen-bond acceptors (Lipinski definition) is 2. The van der Waals surface area contributed by atoms with Crippen LogP contribution < -0.4 is 4.72 Å². The normalized spacial score (nSPS) is 11.0. The van der Waals surface area contributed by atoms with E-state index in [9.17, 15) is 8.42 Å². The van der Waals surface area contributed by atoms with Crippen molar-refractivity contribution in [3.8, 4) is 0 Å². The SMILES string of the molecule is C=C(C)c1ccccc1NS(C)(=O)=O.